The molecule has 18 heavy (non-hydrogen) atoms. The van der Waals surface area contributed by atoms with Gasteiger partial charge < -0.3 is 5.32 Å². The van der Waals surface area contributed by atoms with E-state index in [0.717, 1.165) is 36.2 Å². The summed E-state index contributed by atoms with van der Waals surface area (Å²) in [6.07, 6.45) is -1.09. The maximum absolute atomic E-state index is 12.2. The van der Waals surface area contributed by atoms with E-state index in [9.17, 15) is 13.2 Å². The minimum absolute atomic E-state index is 0.652. The van der Waals surface area contributed by atoms with Crippen LogP contribution in [0.25, 0.3) is 0 Å². The van der Waals surface area contributed by atoms with E-state index in [1.54, 1.807) is 23.9 Å². The molecular weight excluding hydrogens is 279 g/mol. The van der Waals surface area contributed by atoms with Gasteiger partial charge >= 0.3 is 6.18 Å². The molecule has 1 N–H and O–H groups in total. The van der Waals surface area contributed by atoms with Crippen molar-refractivity contribution in [3.05, 3.63) is 24.3 Å². The molecule has 0 fully saturated rings. The van der Waals surface area contributed by atoms with Gasteiger partial charge in [0, 0.05) is 17.1 Å². The Hall–Kier alpha value is -0.490. The Morgan fingerprint density at radius 3 is 2.61 bits per heavy atom. The van der Waals surface area contributed by atoms with Crippen LogP contribution in [-0.2, 0) is 0 Å². The van der Waals surface area contributed by atoms with Crippen LogP contribution in [-0.4, -0.2) is 30.5 Å². The van der Waals surface area contributed by atoms with Gasteiger partial charge in [0.05, 0.1) is 5.75 Å². The van der Waals surface area contributed by atoms with E-state index in [4.69, 9.17) is 0 Å². The standard InChI is InChI=1S/C12H16F3NS2/c1-17-8-4-7-16-10-5-2-3-6-11(10)18-9-12(13,14)15/h2-3,5-6,16H,4,7-9H2,1H3. The molecule has 0 aliphatic heterocycles. The van der Waals surface area contributed by atoms with Crippen LogP contribution in [0.2, 0.25) is 0 Å². The first-order valence-corrected chi connectivity index (χ1v) is 7.92. The molecular formula is C12H16F3NS2. The first kappa shape index (κ1) is 15.6. The molecule has 0 saturated carbocycles. The van der Waals surface area contributed by atoms with E-state index < -0.39 is 11.9 Å². The van der Waals surface area contributed by atoms with Crippen molar-refractivity contribution in [2.24, 2.45) is 0 Å². The lowest BCUT2D eigenvalue weighted by molar-refractivity contribution is -0.105. The van der Waals surface area contributed by atoms with E-state index in [2.05, 4.69) is 5.32 Å². The number of thioether (sulfide) groups is 2. The Labute approximate surface area is 114 Å². The number of anilines is 1. The van der Waals surface area contributed by atoms with Gasteiger partial charge in [-0.1, -0.05) is 12.1 Å². The largest absolute Gasteiger partial charge is 0.398 e. The smallest absolute Gasteiger partial charge is 0.384 e. The van der Waals surface area contributed by atoms with Crippen LogP contribution in [0.4, 0.5) is 18.9 Å². The highest BCUT2D eigenvalue weighted by Crippen LogP contribution is 2.31. The predicted octanol–water partition coefficient (Wildman–Crippen LogP) is 4.51. The first-order chi connectivity index (χ1) is 8.53. The molecule has 0 bridgehead atoms. The predicted molar refractivity (Wildman–Crippen MR) is 74.7 cm³/mol. The summed E-state index contributed by atoms with van der Waals surface area (Å²) in [5, 5.41) is 3.18. The molecule has 0 atom stereocenters. The summed E-state index contributed by atoms with van der Waals surface area (Å²) in [6, 6.07) is 7.12. The molecule has 0 heterocycles. The summed E-state index contributed by atoms with van der Waals surface area (Å²) in [7, 11) is 0. The maximum Gasteiger partial charge on any atom is 0.398 e. The van der Waals surface area contributed by atoms with Crippen molar-refractivity contribution in [2.45, 2.75) is 17.5 Å². The van der Waals surface area contributed by atoms with Crippen LogP contribution < -0.4 is 5.32 Å². The molecule has 0 aromatic heterocycles. The highest BCUT2D eigenvalue weighted by Gasteiger charge is 2.27. The molecule has 1 nitrogen and oxygen atoms in total. The monoisotopic (exact) mass is 295 g/mol. The number of hydrogen-bond donors (Lipinski definition) is 1. The van der Waals surface area contributed by atoms with Gasteiger partial charge in [-0.05, 0) is 30.6 Å². The summed E-state index contributed by atoms with van der Waals surface area (Å²) in [4.78, 5) is 0.652. The van der Waals surface area contributed by atoms with Crippen molar-refractivity contribution in [2.75, 3.05) is 29.6 Å². The molecule has 0 aliphatic carbocycles. The van der Waals surface area contributed by atoms with Crippen molar-refractivity contribution < 1.29 is 13.2 Å². The van der Waals surface area contributed by atoms with Gasteiger partial charge in [-0.15, -0.1) is 11.8 Å². The Bertz CT molecular complexity index is 355. The van der Waals surface area contributed by atoms with Crippen LogP contribution >= 0.6 is 23.5 Å². The van der Waals surface area contributed by atoms with Crippen molar-refractivity contribution in [1.82, 2.24) is 0 Å². The van der Waals surface area contributed by atoms with Gasteiger partial charge in [0.2, 0.25) is 0 Å². The first-order valence-electron chi connectivity index (χ1n) is 5.54. The molecule has 1 aromatic rings. The zero-order chi connectivity index (χ0) is 13.4. The Morgan fingerprint density at radius 1 is 1.22 bits per heavy atom. The van der Waals surface area contributed by atoms with Gasteiger partial charge in [-0.3, -0.25) is 0 Å². The molecule has 102 valence electrons. The Balaban J connectivity index is 2.51. The molecule has 1 rings (SSSR count). The van der Waals surface area contributed by atoms with E-state index in [1.807, 2.05) is 18.4 Å². The SMILES string of the molecule is CSCCCNc1ccccc1SCC(F)(F)F. The fraction of sp³-hybridized carbons (Fsp3) is 0.500. The molecule has 0 spiro atoms. The van der Waals surface area contributed by atoms with Gasteiger partial charge in [-0.25, -0.2) is 0 Å². The van der Waals surface area contributed by atoms with E-state index in [-0.39, 0.29) is 0 Å². The third-order valence-electron chi connectivity index (χ3n) is 2.12. The number of alkyl halides is 3. The average molecular weight is 295 g/mol. The van der Waals surface area contributed by atoms with Gasteiger partial charge in [0.25, 0.3) is 0 Å². The molecule has 0 aliphatic rings. The molecule has 0 radical (unpaired) electrons. The number of nitrogens with one attached hydrogen (secondary N) is 1. The average Bonchev–Trinajstić information content (AvgIpc) is 2.32. The zero-order valence-corrected chi connectivity index (χ0v) is 11.7. The highest BCUT2D eigenvalue weighted by molar-refractivity contribution is 7.99. The zero-order valence-electron chi connectivity index (χ0n) is 10.1. The second-order valence-electron chi connectivity index (χ2n) is 3.67. The maximum atomic E-state index is 12.2. The number of rotatable bonds is 7. The Kier molecular flexibility index (Phi) is 6.78. The van der Waals surface area contributed by atoms with Crippen LogP contribution in [0.1, 0.15) is 6.42 Å². The van der Waals surface area contributed by atoms with Crippen LogP contribution in [0.3, 0.4) is 0 Å². The summed E-state index contributed by atoms with van der Waals surface area (Å²) in [5.41, 5.74) is 0.785. The fourth-order valence-corrected chi connectivity index (χ4v) is 2.56. The lowest BCUT2D eigenvalue weighted by Crippen LogP contribution is -2.11. The number of halogens is 3. The summed E-state index contributed by atoms with van der Waals surface area (Å²) in [5.74, 6) is 0.196. The van der Waals surface area contributed by atoms with Gasteiger partial charge in [0.15, 0.2) is 0 Å². The number of benzene rings is 1. The highest BCUT2D eigenvalue weighted by atomic mass is 32.2. The van der Waals surface area contributed by atoms with E-state index in [1.165, 1.54) is 0 Å². The molecule has 0 saturated heterocycles. The summed E-state index contributed by atoms with van der Waals surface area (Å²) in [6.45, 7) is 0.782. The third-order valence-corrected chi connectivity index (χ3v) is 3.95. The lowest BCUT2D eigenvalue weighted by Gasteiger charge is -2.12. The molecule has 0 amide bonds. The van der Waals surface area contributed by atoms with Crippen LogP contribution in [0.15, 0.2) is 29.2 Å². The van der Waals surface area contributed by atoms with Gasteiger partial charge in [0.1, 0.15) is 0 Å². The number of hydrogen-bond acceptors (Lipinski definition) is 3. The lowest BCUT2D eigenvalue weighted by atomic mass is 10.3. The fourth-order valence-electron chi connectivity index (χ4n) is 1.34. The Morgan fingerprint density at radius 2 is 1.94 bits per heavy atom. The quantitative estimate of drug-likeness (QED) is 0.587. The van der Waals surface area contributed by atoms with Crippen molar-refractivity contribution in [3.63, 3.8) is 0 Å². The molecule has 1 aromatic carbocycles. The third kappa shape index (κ3) is 6.44. The topological polar surface area (TPSA) is 12.0 Å². The van der Waals surface area contributed by atoms with Gasteiger partial charge in [-0.2, -0.15) is 24.9 Å². The van der Waals surface area contributed by atoms with E-state index >= 15 is 0 Å². The normalized spacial score (nSPS) is 11.6. The van der Waals surface area contributed by atoms with E-state index in [0.29, 0.717) is 4.90 Å². The van der Waals surface area contributed by atoms with Crippen molar-refractivity contribution in [3.8, 4) is 0 Å². The summed E-state index contributed by atoms with van der Waals surface area (Å²) < 4.78 is 36.5. The minimum atomic E-state index is -4.13. The van der Waals surface area contributed by atoms with Crippen molar-refractivity contribution >= 4 is 29.2 Å². The second kappa shape index (κ2) is 7.84. The van der Waals surface area contributed by atoms with Crippen LogP contribution in [0.5, 0.6) is 0 Å². The van der Waals surface area contributed by atoms with Crippen molar-refractivity contribution in [1.29, 1.82) is 0 Å². The molecule has 0 unspecified atom stereocenters. The number of para-hydroxylation sites is 1. The minimum Gasteiger partial charge on any atom is -0.384 e. The molecule has 6 heteroatoms. The van der Waals surface area contributed by atoms with Crippen LogP contribution in [0, 0.1) is 0 Å². The summed E-state index contributed by atoms with van der Waals surface area (Å²) >= 11 is 2.59. The second-order valence-corrected chi connectivity index (χ2v) is 5.68.